The molecule has 1 aromatic rings. The summed E-state index contributed by atoms with van der Waals surface area (Å²) in [5.74, 6) is 5.15. The second-order valence-electron chi connectivity index (χ2n) is 10.9. The van der Waals surface area contributed by atoms with Gasteiger partial charge in [-0.1, -0.05) is 49.6 Å². The number of ether oxygens (including phenoxy) is 1. The minimum absolute atomic E-state index is 0.0401. The second-order valence-corrected chi connectivity index (χ2v) is 10.9. The molecule has 0 heterocycles. The van der Waals surface area contributed by atoms with Crippen molar-refractivity contribution >= 4 is 5.97 Å². The summed E-state index contributed by atoms with van der Waals surface area (Å²) in [6, 6.07) is 7.77. The molecule has 3 aliphatic rings. The molecule has 2 nitrogen and oxygen atoms in total. The van der Waals surface area contributed by atoms with Crippen molar-refractivity contribution in [3.63, 3.8) is 0 Å². The SMILES string of the molecule is Cc1ccc(OC(=O)C2CCC(/C=C/C3CCC(C4CCC(C)CC4)CC3)CC2)cc1. The molecule has 170 valence electrons. The predicted octanol–water partition coefficient (Wildman–Crippen LogP) is 7.90. The fourth-order valence-electron chi connectivity index (χ4n) is 6.23. The third kappa shape index (κ3) is 6.46. The Labute approximate surface area is 189 Å². The summed E-state index contributed by atoms with van der Waals surface area (Å²) in [5.41, 5.74) is 1.18. The van der Waals surface area contributed by atoms with Gasteiger partial charge in [-0.15, -0.1) is 0 Å². The van der Waals surface area contributed by atoms with E-state index < -0.39 is 0 Å². The zero-order chi connectivity index (χ0) is 21.6. The molecule has 31 heavy (non-hydrogen) atoms. The highest BCUT2D eigenvalue weighted by Crippen LogP contribution is 2.41. The van der Waals surface area contributed by atoms with Crippen LogP contribution in [0.2, 0.25) is 0 Å². The van der Waals surface area contributed by atoms with E-state index in [0.717, 1.165) is 49.4 Å². The standard InChI is InChI=1S/C29H42O2/c1-21-3-13-25(14-4-21)26-15-9-23(10-16-26)7-8-24-11-17-27(18-12-24)29(30)31-28-19-5-22(2)6-20-28/h5-8,19-21,23-27H,3-4,9-18H2,1-2H3/b8-7+. The van der Waals surface area contributed by atoms with Crippen LogP contribution in [0.4, 0.5) is 0 Å². The number of hydrogen-bond acceptors (Lipinski definition) is 2. The fourth-order valence-corrected chi connectivity index (χ4v) is 6.23. The topological polar surface area (TPSA) is 26.3 Å². The van der Waals surface area contributed by atoms with E-state index in [9.17, 15) is 4.79 Å². The first-order chi connectivity index (χ1) is 15.1. The van der Waals surface area contributed by atoms with E-state index in [0.29, 0.717) is 11.7 Å². The predicted molar refractivity (Wildman–Crippen MR) is 128 cm³/mol. The minimum atomic E-state index is -0.0401. The number of aryl methyl sites for hydroxylation is 1. The van der Waals surface area contributed by atoms with Crippen molar-refractivity contribution in [2.24, 2.45) is 35.5 Å². The first-order valence-corrected chi connectivity index (χ1v) is 13.0. The minimum Gasteiger partial charge on any atom is -0.426 e. The Balaban J connectivity index is 1.15. The highest BCUT2D eigenvalue weighted by atomic mass is 16.5. The van der Waals surface area contributed by atoms with Gasteiger partial charge < -0.3 is 4.74 Å². The van der Waals surface area contributed by atoms with E-state index in [1.165, 1.54) is 56.9 Å². The number of carbonyl (C=O) groups is 1. The Morgan fingerprint density at radius 1 is 0.742 bits per heavy atom. The average molecular weight is 423 g/mol. The highest BCUT2D eigenvalue weighted by molar-refractivity contribution is 5.75. The molecule has 0 saturated heterocycles. The summed E-state index contributed by atoms with van der Waals surface area (Å²) in [6.07, 6.45) is 20.8. The van der Waals surface area contributed by atoms with E-state index in [4.69, 9.17) is 4.74 Å². The molecule has 0 unspecified atom stereocenters. The maximum Gasteiger partial charge on any atom is 0.314 e. The fraction of sp³-hybridized carbons (Fsp3) is 0.690. The summed E-state index contributed by atoms with van der Waals surface area (Å²) in [5, 5.41) is 0. The monoisotopic (exact) mass is 422 g/mol. The van der Waals surface area contributed by atoms with Crippen molar-refractivity contribution in [3.8, 4) is 5.75 Å². The van der Waals surface area contributed by atoms with Crippen LogP contribution in [0.15, 0.2) is 36.4 Å². The Kier molecular flexibility index (Phi) is 7.91. The zero-order valence-electron chi connectivity index (χ0n) is 19.7. The molecular weight excluding hydrogens is 380 g/mol. The molecule has 3 aliphatic carbocycles. The van der Waals surface area contributed by atoms with Crippen LogP contribution in [-0.2, 0) is 4.79 Å². The van der Waals surface area contributed by atoms with Gasteiger partial charge in [-0.2, -0.15) is 0 Å². The Morgan fingerprint density at radius 3 is 1.77 bits per heavy atom. The lowest BCUT2D eigenvalue weighted by Crippen LogP contribution is -2.25. The Bertz CT molecular complexity index is 710. The number of rotatable bonds is 5. The summed E-state index contributed by atoms with van der Waals surface area (Å²) in [6.45, 7) is 4.47. The largest absolute Gasteiger partial charge is 0.426 e. The summed E-state index contributed by atoms with van der Waals surface area (Å²) >= 11 is 0. The smallest absolute Gasteiger partial charge is 0.314 e. The van der Waals surface area contributed by atoms with E-state index in [1.54, 1.807) is 0 Å². The lowest BCUT2D eigenvalue weighted by atomic mass is 9.69. The van der Waals surface area contributed by atoms with Crippen LogP contribution in [0, 0.1) is 42.4 Å². The third-order valence-electron chi connectivity index (χ3n) is 8.54. The van der Waals surface area contributed by atoms with Gasteiger partial charge in [0.15, 0.2) is 0 Å². The molecule has 1 aromatic carbocycles. The third-order valence-corrected chi connectivity index (χ3v) is 8.54. The maximum absolute atomic E-state index is 12.5. The quantitative estimate of drug-likeness (QED) is 0.274. The molecule has 0 N–H and O–H groups in total. The van der Waals surface area contributed by atoms with E-state index in [1.807, 2.05) is 31.2 Å². The van der Waals surface area contributed by atoms with E-state index in [-0.39, 0.29) is 11.9 Å². The summed E-state index contributed by atoms with van der Waals surface area (Å²) in [4.78, 5) is 12.5. The lowest BCUT2D eigenvalue weighted by Gasteiger charge is -2.36. The van der Waals surface area contributed by atoms with Crippen molar-refractivity contribution < 1.29 is 9.53 Å². The lowest BCUT2D eigenvalue weighted by molar-refractivity contribution is -0.140. The molecule has 0 amide bonds. The number of benzene rings is 1. The molecule has 0 radical (unpaired) electrons. The van der Waals surface area contributed by atoms with Gasteiger partial charge in [0, 0.05) is 0 Å². The first-order valence-electron chi connectivity index (χ1n) is 13.0. The molecular formula is C29H42O2. The molecule has 2 heteroatoms. The van der Waals surface area contributed by atoms with Gasteiger partial charge in [-0.05, 0) is 113 Å². The molecule has 0 bridgehead atoms. The molecule has 3 saturated carbocycles. The van der Waals surface area contributed by atoms with Gasteiger partial charge in [0.1, 0.15) is 5.75 Å². The van der Waals surface area contributed by atoms with Crippen molar-refractivity contribution in [1.29, 1.82) is 0 Å². The van der Waals surface area contributed by atoms with E-state index >= 15 is 0 Å². The second kappa shape index (κ2) is 10.8. The van der Waals surface area contributed by atoms with Crippen molar-refractivity contribution in [2.75, 3.05) is 0 Å². The highest BCUT2D eigenvalue weighted by Gasteiger charge is 2.30. The van der Waals surface area contributed by atoms with Gasteiger partial charge in [-0.3, -0.25) is 4.79 Å². The van der Waals surface area contributed by atoms with Gasteiger partial charge in [-0.25, -0.2) is 0 Å². The zero-order valence-corrected chi connectivity index (χ0v) is 19.7. The number of allylic oxidation sites excluding steroid dienone is 2. The maximum atomic E-state index is 12.5. The Hall–Kier alpha value is -1.57. The molecule has 0 spiro atoms. The molecule has 4 rings (SSSR count). The van der Waals surface area contributed by atoms with Crippen LogP contribution in [0.25, 0.3) is 0 Å². The van der Waals surface area contributed by atoms with Crippen LogP contribution >= 0.6 is 0 Å². The molecule has 3 fully saturated rings. The van der Waals surface area contributed by atoms with Crippen molar-refractivity contribution in [2.45, 2.75) is 90.9 Å². The van der Waals surface area contributed by atoms with Gasteiger partial charge in [0.05, 0.1) is 5.92 Å². The summed E-state index contributed by atoms with van der Waals surface area (Å²) in [7, 11) is 0. The number of carbonyl (C=O) groups excluding carboxylic acids is 1. The molecule has 0 atom stereocenters. The molecule has 0 aliphatic heterocycles. The van der Waals surface area contributed by atoms with Crippen molar-refractivity contribution in [3.05, 3.63) is 42.0 Å². The van der Waals surface area contributed by atoms with Gasteiger partial charge in [0.25, 0.3) is 0 Å². The van der Waals surface area contributed by atoms with Crippen LogP contribution in [0.1, 0.15) is 89.5 Å². The normalized spacial score (nSPS) is 34.5. The number of esters is 1. The number of hydrogen-bond donors (Lipinski definition) is 0. The van der Waals surface area contributed by atoms with Crippen LogP contribution in [0.5, 0.6) is 5.75 Å². The van der Waals surface area contributed by atoms with Gasteiger partial charge >= 0.3 is 5.97 Å². The van der Waals surface area contributed by atoms with Crippen molar-refractivity contribution in [1.82, 2.24) is 0 Å². The van der Waals surface area contributed by atoms with Crippen LogP contribution in [-0.4, -0.2) is 5.97 Å². The van der Waals surface area contributed by atoms with E-state index in [2.05, 4.69) is 19.1 Å². The van der Waals surface area contributed by atoms with Gasteiger partial charge in [0.2, 0.25) is 0 Å². The Morgan fingerprint density at radius 2 is 1.23 bits per heavy atom. The average Bonchev–Trinajstić information content (AvgIpc) is 2.80. The molecule has 0 aromatic heterocycles. The van der Waals surface area contributed by atoms with Crippen LogP contribution in [0.3, 0.4) is 0 Å². The van der Waals surface area contributed by atoms with Crippen LogP contribution < -0.4 is 4.74 Å². The first kappa shape index (κ1) is 22.6. The summed E-state index contributed by atoms with van der Waals surface area (Å²) < 4.78 is 5.61.